The van der Waals surface area contributed by atoms with Gasteiger partial charge in [0.1, 0.15) is 11.6 Å². The van der Waals surface area contributed by atoms with Gasteiger partial charge >= 0.3 is 0 Å². The van der Waals surface area contributed by atoms with E-state index in [4.69, 9.17) is 10.5 Å². The number of aromatic nitrogens is 1. The molecule has 3 N–H and O–H groups in total. The molecule has 0 unspecified atom stereocenters. The van der Waals surface area contributed by atoms with Crippen LogP contribution >= 0.6 is 0 Å². The third-order valence-electron chi connectivity index (χ3n) is 2.85. The van der Waals surface area contributed by atoms with Crippen LogP contribution in [0, 0.1) is 0 Å². The van der Waals surface area contributed by atoms with Crippen LogP contribution in [0.15, 0.2) is 42.6 Å². The first kappa shape index (κ1) is 14.0. The van der Waals surface area contributed by atoms with Crippen LogP contribution < -0.4 is 15.8 Å². The first-order valence-electron chi connectivity index (χ1n) is 6.29. The molecule has 1 aromatic carbocycles. The zero-order valence-electron chi connectivity index (χ0n) is 11.3. The van der Waals surface area contributed by atoms with E-state index in [0.29, 0.717) is 18.8 Å². The van der Waals surface area contributed by atoms with Crippen LogP contribution in [-0.4, -0.2) is 18.0 Å². The van der Waals surface area contributed by atoms with Gasteiger partial charge in [0.05, 0.1) is 13.5 Å². The van der Waals surface area contributed by atoms with Gasteiger partial charge in [-0.2, -0.15) is 0 Å². The standard InChI is InChI=1S/C15H17N3O2/c1-20-13-4-2-11(3-5-13)9-15(19)18-14-8-12(10-16)6-7-17-14/h2-8H,9-10,16H2,1H3,(H,17,18,19). The molecular weight excluding hydrogens is 254 g/mol. The quantitative estimate of drug-likeness (QED) is 0.868. The molecule has 0 aliphatic carbocycles. The van der Waals surface area contributed by atoms with Gasteiger partial charge in [-0.05, 0) is 35.4 Å². The SMILES string of the molecule is COc1ccc(CC(=O)Nc2cc(CN)ccn2)cc1. The van der Waals surface area contributed by atoms with Crippen LogP contribution in [0.25, 0.3) is 0 Å². The lowest BCUT2D eigenvalue weighted by Crippen LogP contribution is -2.15. The normalized spacial score (nSPS) is 10.1. The molecule has 2 rings (SSSR count). The van der Waals surface area contributed by atoms with Crippen LogP contribution in [0.4, 0.5) is 5.82 Å². The number of ether oxygens (including phenoxy) is 1. The second kappa shape index (κ2) is 6.68. The van der Waals surface area contributed by atoms with Crippen LogP contribution in [0.1, 0.15) is 11.1 Å². The number of carbonyl (C=O) groups excluding carboxylic acids is 1. The predicted octanol–water partition coefficient (Wildman–Crippen LogP) is 1.73. The molecule has 5 nitrogen and oxygen atoms in total. The number of nitrogens with zero attached hydrogens (tertiary/aromatic N) is 1. The first-order valence-corrected chi connectivity index (χ1v) is 6.29. The molecule has 0 spiro atoms. The van der Waals surface area contributed by atoms with Crippen LogP contribution in [0.5, 0.6) is 5.75 Å². The molecule has 0 atom stereocenters. The molecule has 5 heteroatoms. The molecule has 0 aliphatic rings. The van der Waals surface area contributed by atoms with Crippen molar-refractivity contribution in [2.75, 3.05) is 12.4 Å². The van der Waals surface area contributed by atoms with Crippen LogP contribution in [0.2, 0.25) is 0 Å². The van der Waals surface area contributed by atoms with Gasteiger partial charge in [0, 0.05) is 12.7 Å². The van der Waals surface area contributed by atoms with Crippen molar-refractivity contribution in [2.24, 2.45) is 5.73 Å². The maximum atomic E-state index is 11.9. The Morgan fingerprint density at radius 1 is 1.25 bits per heavy atom. The fourth-order valence-electron chi connectivity index (χ4n) is 1.79. The summed E-state index contributed by atoms with van der Waals surface area (Å²) in [6.07, 6.45) is 1.92. The summed E-state index contributed by atoms with van der Waals surface area (Å²) < 4.78 is 5.07. The molecule has 0 fully saturated rings. The van der Waals surface area contributed by atoms with Crippen LogP contribution in [-0.2, 0) is 17.8 Å². The molecule has 0 saturated carbocycles. The Balaban J connectivity index is 1.97. The Hall–Kier alpha value is -2.40. The topological polar surface area (TPSA) is 77.2 Å². The van der Waals surface area contributed by atoms with Crippen molar-refractivity contribution in [3.05, 3.63) is 53.7 Å². The van der Waals surface area contributed by atoms with Crippen molar-refractivity contribution < 1.29 is 9.53 Å². The van der Waals surface area contributed by atoms with Gasteiger partial charge in [-0.3, -0.25) is 4.79 Å². The van der Waals surface area contributed by atoms with Gasteiger partial charge in [-0.1, -0.05) is 12.1 Å². The van der Waals surface area contributed by atoms with Crippen molar-refractivity contribution in [1.29, 1.82) is 0 Å². The number of carbonyl (C=O) groups is 1. The van der Waals surface area contributed by atoms with Gasteiger partial charge in [0.2, 0.25) is 5.91 Å². The Bertz CT molecular complexity index is 582. The van der Waals surface area contributed by atoms with Crippen molar-refractivity contribution in [2.45, 2.75) is 13.0 Å². The minimum Gasteiger partial charge on any atom is -0.497 e. The third-order valence-corrected chi connectivity index (χ3v) is 2.85. The number of pyridine rings is 1. The first-order chi connectivity index (χ1) is 9.71. The number of anilines is 1. The molecule has 20 heavy (non-hydrogen) atoms. The molecule has 0 saturated heterocycles. The van der Waals surface area contributed by atoms with E-state index in [-0.39, 0.29) is 5.91 Å². The lowest BCUT2D eigenvalue weighted by atomic mass is 10.1. The second-order valence-corrected chi connectivity index (χ2v) is 4.33. The van der Waals surface area contributed by atoms with E-state index < -0.39 is 0 Å². The Morgan fingerprint density at radius 2 is 2.00 bits per heavy atom. The number of methoxy groups -OCH3 is 1. The summed E-state index contributed by atoms with van der Waals surface area (Å²) in [5, 5.41) is 2.76. The summed E-state index contributed by atoms with van der Waals surface area (Å²) in [5.41, 5.74) is 7.39. The molecule has 2 aromatic rings. The average Bonchev–Trinajstić information content (AvgIpc) is 2.48. The minimum atomic E-state index is -0.114. The van der Waals surface area contributed by atoms with E-state index in [2.05, 4.69) is 10.3 Å². The fourth-order valence-corrected chi connectivity index (χ4v) is 1.79. The summed E-state index contributed by atoms with van der Waals surface area (Å²) in [6, 6.07) is 11.0. The minimum absolute atomic E-state index is 0.114. The third kappa shape index (κ3) is 3.80. The Kier molecular flexibility index (Phi) is 4.68. The molecule has 0 bridgehead atoms. The highest BCUT2D eigenvalue weighted by atomic mass is 16.5. The molecule has 104 valence electrons. The summed E-state index contributed by atoms with van der Waals surface area (Å²) in [5.74, 6) is 1.18. The predicted molar refractivity (Wildman–Crippen MR) is 77.5 cm³/mol. The van der Waals surface area contributed by atoms with E-state index in [9.17, 15) is 4.79 Å². The van der Waals surface area contributed by atoms with Crippen molar-refractivity contribution in [1.82, 2.24) is 4.98 Å². The number of nitrogens with two attached hydrogens (primary N) is 1. The number of hydrogen-bond acceptors (Lipinski definition) is 4. The highest BCUT2D eigenvalue weighted by molar-refractivity contribution is 5.91. The van der Waals surface area contributed by atoms with E-state index in [1.807, 2.05) is 30.3 Å². The molecule has 1 heterocycles. The number of amides is 1. The lowest BCUT2D eigenvalue weighted by molar-refractivity contribution is -0.115. The van der Waals surface area contributed by atoms with Crippen LogP contribution in [0.3, 0.4) is 0 Å². The second-order valence-electron chi connectivity index (χ2n) is 4.33. The number of rotatable bonds is 5. The van der Waals surface area contributed by atoms with E-state index >= 15 is 0 Å². The fraction of sp³-hybridized carbons (Fsp3) is 0.200. The van der Waals surface area contributed by atoms with E-state index in [1.165, 1.54) is 0 Å². The highest BCUT2D eigenvalue weighted by Gasteiger charge is 2.05. The number of benzene rings is 1. The summed E-state index contributed by atoms with van der Waals surface area (Å²) >= 11 is 0. The maximum absolute atomic E-state index is 11.9. The van der Waals surface area contributed by atoms with Crippen molar-refractivity contribution in [3.8, 4) is 5.75 Å². The van der Waals surface area contributed by atoms with E-state index in [1.54, 1.807) is 19.4 Å². The monoisotopic (exact) mass is 271 g/mol. The van der Waals surface area contributed by atoms with Gasteiger partial charge < -0.3 is 15.8 Å². The summed E-state index contributed by atoms with van der Waals surface area (Å²) in [6.45, 7) is 0.421. The maximum Gasteiger partial charge on any atom is 0.229 e. The number of nitrogens with one attached hydrogen (secondary N) is 1. The van der Waals surface area contributed by atoms with Crippen molar-refractivity contribution in [3.63, 3.8) is 0 Å². The number of hydrogen-bond donors (Lipinski definition) is 2. The molecule has 0 radical (unpaired) electrons. The molecule has 1 aromatic heterocycles. The van der Waals surface area contributed by atoms with Gasteiger partial charge in [-0.15, -0.1) is 0 Å². The van der Waals surface area contributed by atoms with Gasteiger partial charge in [0.15, 0.2) is 0 Å². The Labute approximate surface area is 117 Å². The highest BCUT2D eigenvalue weighted by Crippen LogP contribution is 2.12. The molecular formula is C15H17N3O2. The smallest absolute Gasteiger partial charge is 0.229 e. The lowest BCUT2D eigenvalue weighted by Gasteiger charge is -2.06. The Morgan fingerprint density at radius 3 is 2.65 bits per heavy atom. The van der Waals surface area contributed by atoms with E-state index in [0.717, 1.165) is 16.9 Å². The zero-order valence-corrected chi connectivity index (χ0v) is 11.3. The van der Waals surface area contributed by atoms with Gasteiger partial charge in [0.25, 0.3) is 0 Å². The molecule has 1 amide bonds. The average molecular weight is 271 g/mol. The zero-order chi connectivity index (χ0) is 14.4. The summed E-state index contributed by atoms with van der Waals surface area (Å²) in [7, 11) is 1.61. The largest absolute Gasteiger partial charge is 0.497 e. The van der Waals surface area contributed by atoms with Crippen molar-refractivity contribution >= 4 is 11.7 Å². The summed E-state index contributed by atoms with van der Waals surface area (Å²) in [4.78, 5) is 16.0. The van der Waals surface area contributed by atoms with Gasteiger partial charge in [-0.25, -0.2) is 4.98 Å². The molecule has 0 aliphatic heterocycles.